The molecule has 0 atom stereocenters. The van der Waals surface area contributed by atoms with Gasteiger partial charge in [0, 0.05) is 30.6 Å². The molecule has 2 rings (SSSR count). The second-order valence-corrected chi connectivity index (χ2v) is 6.49. The smallest absolute Gasteiger partial charge is 0.0572 e. The highest BCUT2D eigenvalue weighted by atomic mass is 32.1. The summed E-state index contributed by atoms with van der Waals surface area (Å²) >= 11 is 1.84. The number of nitrogens with two attached hydrogens (primary N) is 1. The largest absolute Gasteiger partial charge is 0.381 e. The lowest BCUT2D eigenvalue weighted by atomic mass is 9.79. The van der Waals surface area contributed by atoms with Gasteiger partial charge in [-0.05, 0) is 43.7 Å². The van der Waals surface area contributed by atoms with Crippen LogP contribution in [0.5, 0.6) is 0 Å². The molecule has 1 aliphatic carbocycles. The molecule has 1 aromatic heterocycles. The predicted molar refractivity (Wildman–Crippen MR) is 81.5 cm³/mol. The van der Waals surface area contributed by atoms with Gasteiger partial charge in [0.1, 0.15) is 0 Å². The van der Waals surface area contributed by atoms with Crippen LogP contribution < -0.4 is 5.73 Å². The molecule has 19 heavy (non-hydrogen) atoms. The highest BCUT2D eigenvalue weighted by Gasteiger charge is 2.38. The molecule has 0 radical (unpaired) electrons. The third-order valence-electron chi connectivity index (χ3n) is 4.56. The fourth-order valence-electron chi connectivity index (χ4n) is 3.22. The standard InChI is InChI=1S/C15H26N2OS/c1-3-17(11-14-5-4-10-19-14)15(12-16)8-6-13(18-2)7-9-15/h4-5,10,13H,3,6-9,11-12,16H2,1-2H3. The molecule has 0 spiro atoms. The summed E-state index contributed by atoms with van der Waals surface area (Å²) in [4.78, 5) is 4.01. The van der Waals surface area contributed by atoms with Crippen LogP contribution in [0.1, 0.15) is 37.5 Å². The van der Waals surface area contributed by atoms with Crippen LogP contribution in [0.15, 0.2) is 17.5 Å². The summed E-state index contributed by atoms with van der Waals surface area (Å²) < 4.78 is 5.49. The Bertz CT molecular complexity index is 358. The summed E-state index contributed by atoms with van der Waals surface area (Å²) in [5.41, 5.74) is 6.33. The average molecular weight is 282 g/mol. The van der Waals surface area contributed by atoms with Crippen molar-refractivity contribution in [2.45, 2.75) is 50.8 Å². The summed E-state index contributed by atoms with van der Waals surface area (Å²) in [7, 11) is 1.82. The van der Waals surface area contributed by atoms with Gasteiger partial charge in [-0.15, -0.1) is 11.3 Å². The number of rotatable bonds is 6. The van der Waals surface area contributed by atoms with Crippen LogP contribution in [0.2, 0.25) is 0 Å². The van der Waals surface area contributed by atoms with Gasteiger partial charge in [-0.3, -0.25) is 4.90 Å². The van der Waals surface area contributed by atoms with Gasteiger partial charge in [0.05, 0.1) is 6.10 Å². The van der Waals surface area contributed by atoms with Crippen LogP contribution >= 0.6 is 11.3 Å². The Balaban J connectivity index is 2.05. The van der Waals surface area contributed by atoms with Crippen LogP contribution in [0.3, 0.4) is 0 Å². The minimum atomic E-state index is 0.174. The SMILES string of the molecule is CCN(Cc1cccs1)C1(CN)CCC(OC)CC1. The van der Waals surface area contributed by atoms with Crippen molar-refractivity contribution >= 4 is 11.3 Å². The normalized spacial score (nSPS) is 27.9. The first-order valence-electron chi connectivity index (χ1n) is 7.24. The maximum atomic E-state index is 6.15. The molecule has 1 fully saturated rings. The Morgan fingerprint density at radius 1 is 1.47 bits per heavy atom. The molecule has 0 amide bonds. The Hall–Kier alpha value is -0.420. The zero-order chi connectivity index (χ0) is 13.7. The van der Waals surface area contributed by atoms with Crippen molar-refractivity contribution in [2.75, 3.05) is 20.2 Å². The van der Waals surface area contributed by atoms with Crippen LogP contribution in [0.4, 0.5) is 0 Å². The first-order chi connectivity index (χ1) is 9.24. The molecular formula is C15H26N2OS. The van der Waals surface area contributed by atoms with E-state index in [4.69, 9.17) is 10.5 Å². The summed E-state index contributed by atoms with van der Waals surface area (Å²) in [6, 6.07) is 4.35. The van der Waals surface area contributed by atoms with Gasteiger partial charge in [0.2, 0.25) is 0 Å². The first-order valence-corrected chi connectivity index (χ1v) is 8.12. The predicted octanol–water partition coefficient (Wildman–Crippen LogP) is 2.86. The van der Waals surface area contributed by atoms with Crippen LogP contribution in [-0.2, 0) is 11.3 Å². The van der Waals surface area contributed by atoms with E-state index >= 15 is 0 Å². The van der Waals surface area contributed by atoms with Crippen LogP contribution in [0, 0.1) is 0 Å². The van der Waals surface area contributed by atoms with Gasteiger partial charge in [-0.1, -0.05) is 13.0 Å². The van der Waals surface area contributed by atoms with Gasteiger partial charge >= 0.3 is 0 Å². The van der Waals surface area contributed by atoms with Gasteiger partial charge in [-0.2, -0.15) is 0 Å². The maximum Gasteiger partial charge on any atom is 0.0572 e. The second-order valence-electron chi connectivity index (χ2n) is 5.46. The lowest BCUT2D eigenvalue weighted by molar-refractivity contribution is -0.00815. The molecule has 0 bridgehead atoms. The van der Waals surface area contributed by atoms with E-state index in [-0.39, 0.29) is 5.54 Å². The van der Waals surface area contributed by atoms with E-state index in [1.807, 2.05) is 18.4 Å². The number of ether oxygens (including phenoxy) is 1. The van der Waals surface area contributed by atoms with Crippen molar-refractivity contribution in [1.29, 1.82) is 0 Å². The fourth-order valence-corrected chi connectivity index (χ4v) is 3.94. The Kier molecular flexibility index (Phi) is 5.39. The van der Waals surface area contributed by atoms with Gasteiger partial charge in [0.25, 0.3) is 0 Å². The topological polar surface area (TPSA) is 38.5 Å². The molecule has 2 N–H and O–H groups in total. The van der Waals surface area contributed by atoms with Crippen molar-refractivity contribution in [1.82, 2.24) is 4.90 Å². The van der Waals surface area contributed by atoms with Gasteiger partial charge in [-0.25, -0.2) is 0 Å². The Labute approximate surface area is 120 Å². The summed E-state index contributed by atoms with van der Waals surface area (Å²) in [6.07, 6.45) is 5.01. The molecule has 0 saturated heterocycles. The first kappa shape index (κ1) is 15.0. The molecule has 1 aromatic rings. The van der Waals surface area contributed by atoms with E-state index in [0.717, 1.165) is 45.3 Å². The van der Waals surface area contributed by atoms with Crippen molar-refractivity contribution < 1.29 is 4.74 Å². The van der Waals surface area contributed by atoms with E-state index in [1.54, 1.807) is 0 Å². The molecule has 0 aromatic carbocycles. The molecule has 0 aliphatic heterocycles. The molecule has 108 valence electrons. The molecular weight excluding hydrogens is 256 g/mol. The minimum Gasteiger partial charge on any atom is -0.381 e. The van der Waals surface area contributed by atoms with Crippen molar-refractivity contribution in [3.63, 3.8) is 0 Å². The van der Waals surface area contributed by atoms with Crippen molar-refractivity contribution in [3.05, 3.63) is 22.4 Å². The molecule has 1 saturated carbocycles. The second kappa shape index (κ2) is 6.84. The van der Waals surface area contributed by atoms with E-state index < -0.39 is 0 Å². The summed E-state index contributed by atoms with van der Waals surface area (Å²) in [5, 5.41) is 2.15. The summed E-state index contributed by atoms with van der Waals surface area (Å²) in [6.45, 7) is 5.09. The molecule has 1 heterocycles. The number of hydrogen-bond donors (Lipinski definition) is 1. The Morgan fingerprint density at radius 3 is 2.68 bits per heavy atom. The third kappa shape index (κ3) is 3.37. The minimum absolute atomic E-state index is 0.174. The number of hydrogen-bond acceptors (Lipinski definition) is 4. The van der Waals surface area contributed by atoms with Gasteiger partial charge < -0.3 is 10.5 Å². The van der Waals surface area contributed by atoms with E-state index in [0.29, 0.717) is 6.10 Å². The highest BCUT2D eigenvalue weighted by molar-refractivity contribution is 7.09. The average Bonchev–Trinajstić information content (AvgIpc) is 2.98. The molecule has 3 nitrogen and oxygen atoms in total. The monoisotopic (exact) mass is 282 g/mol. The third-order valence-corrected chi connectivity index (χ3v) is 5.42. The Morgan fingerprint density at radius 2 is 2.21 bits per heavy atom. The van der Waals surface area contributed by atoms with Gasteiger partial charge in [0.15, 0.2) is 0 Å². The van der Waals surface area contributed by atoms with Crippen LogP contribution in [0.25, 0.3) is 0 Å². The zero-order valence-electron chi connectivity index (χ0n) is 12.1. The van der Waals surface area contributed by atoms with E-state index in [9.17, 15) is 0 Å². The number of likely N-dealkylation sites (N-methyl/N-ethyl adjacent to an activating group) is 1. The zero-order valence-corrected chi connectivity index (χ0v) is 12.9. The highest BCUT2D eigenvalue weighted by Crippen LogP contribution is 2.35. The fraction of sp³-hybridized carbons (Fsp3) is 0.733. The lowest BCUT2D eigenvalue weighted by Gasteiger charge is -2.47. The van der Waals surface area contributed by atoms with Crippen molar-refractivity contribution in [2.24, 2.45) is 5.73 Å². The van der Waals surface area contributed by atoms with Crippen LogP contribution in [-0.4, -0.2) is 36.7 Å². The molecule has 0 unspecified atom stereocenters. The molecule has 4 heteroatoms. The number of nitrogens with zero attached hydrogens (tertiary/aromatic N) is 1. The lowest BCUT2D eigenvalue weighted by Crippen LogP contribution is -2.55. The quantitative estimate of drug-likeness (QED) is 0.872. The van der Waals surface area contributed by atoms with E-state index in [1.165, 1.54) is 4.88 Å². The van der Waals surface area contributed by atoms with E-state index in [2.05, 4.69) is 29.3 Å². The summed E-state index contributed by atoms with van der Waals surface area (Å²) in [5.74, 6) is 0. The molecule has 1 aliphatic rings. The number of methoxy groups -OCH3 is 1. The maximum absolute atomic E-state index is 6.15. The van der Waals surface area contributed by atoms with Crippen molar-refractivity contribution in [3.8, 4) is 0 Å². The number of thiophene rings is 1.